The standard InChI is InChI=1S/C15H13ClN2O/c1-2-11-10-17-9-8-13(16)14(17)15(19)18(11)12-6-4-3-5-7-12/h3-10H,2H2,1H3. The van der Waals surface area contributed by atoms with Crippen LogP contribution in [0.1, 0.15) is 12.6 Å². The molecule has 0 spiro atoms. The van der Waals surface area contributed by atoms with Crippen LogP contribution in [0.5, 0.6) is 0 Å². The number of aryl methyl sites for hydroxylation is 1. The molecule has 0 aliphatic rings. The van der Waals surface area contributed by atoms with Gasteiger partial charge in [-0.15, -0.1) is 0 Å². The van der Waals surface area contributed by atoms with Crippen molar-refractivity contribution in [1.82, 2.24) is 8.97 Å². The molecule has 2 heterocycles. The van der Waals surface area contributed by atoms with E-state index in [9.17, 15) is 4.79 Å². The van der Waals surface area contributed by atoms with Gasteiger partial charge in [-0.3, -0.25) is 9.36 Å². The highest BCUT2D eigenvalue weighted by Gasteiger charge is 2.12. The predicted molar refractivity (Wildman–Crippen MR) is 77.4 cm³/mol. The first-order valence-electron chi connectivity index (χ1n) is 6.19. The van der Waals surface area contributed by atoms with E-state index in [0.717, 1.165) is 17.8 Å². The van der Waals surface area contributed by atoms with E-state index in [1.807, 2.05) is 49.6 Å². The molecule has 0 amide bonds. The first kappa shape index (κ1) is 12.1. The average Bonchev–Trinajstić information content (AvgIpc) is 2.81. The molecular weight excluding hydrogens is 260 g/mol. The van der Waals surface area contributed by atoms with Crippen molar-refractivity contribution in [3.63, 3.8) is 0 Å². The van der Waals surface area contributed by atoms with Gasteiger partial charge in [0.2, 0.25) is 0 Å². The Morgan fingerprint density at radius 2 is 1.89 bits per heavy atom. The van der Waals surface area contributed by atoms with Crippen molar-refractivity contribution in [3.05, 3.63) is 69.9 Å². The fourth-order valence-corrected chi connectivity index (χ4v) is 2.54. The fraction of sp³-hybridized carbons (Fsp3) is 0.133. The van der Waals surface area contributed by atoms with Crippen LogP contribution in [0.25, 0.3) is 11.2 Å². The third-order valence-electron chi connectivity index (χ3n) is 3.22. The lowest BCUT2D eigenvalue weighted by Gasteiger charge is -2.12. The summed E-state index contributed by atoms with van der Waals surface area (Å²) in [5.41, 5.74) is 2.25. The lowest BCUT2D eigenvalue weighted by Crippen LogP contribution is -2.23. The van der Waals surface area contributed by atoms with E-state index in [2.05, 4.69) is 0 Å². The Balaban J connectivity index is 2.43. The zero-order valence-corrected chi connectivity index (χ0v) is 11.3. The Labute approximate surface area is 115 Å². The number of halogens is 1. The van der Waals surface area contributed by atoms with Crippen LogP contribution in [0.3, 0.4) is 0 Å². The van der Waals surface area contributed by atoms with Gasteiger partial charge in [0, 0.05) is 23.8 Å². The molecule has 0 atom stereocenters. The molecule has 4 heteroatoms. The summed E-state index contributed by atoms with van der Waals surface area (Å²) >= 11 is 6.10. The molecule has 0 aliphatic heterocycles. The average molecular weight is 273 g/mol. The molecule has 1 aromatic carbocycles. The van der Waals surface area contributed by atoms with Gasteiger partial charge in [0.1, 0.15) is 5.52 Å². The highest BCUT2D eigenvalue weighted by atomic mass is 35.5. The van der Waals surface area contributed by atoms with E-state index >= 15 is 0 Å². The number of aromatic nitrogens is 2. The van der Waals surface area contributed by atoms with E-state index in [4.69, 9.17) is 11.6 Å². The van der Waals surface area contributed by atoms with Crippen LogP contribution in [-0.2, 0) is 6.42 Å². The normalized spacial score (nSPS) is 11.1. The Morgan fingerprint density at radius 1 is 1.16 bits per heavy atom. The molecule has 96 valence electrons. The fourth-order valence-electron chi connectivity index (χ4n) is 2.31. The summed E-state index contributed by atoms with van der Waals surface area (Å²) in [5, 5.41) is 0.484. The number of hydrogen-bond acceptors (Lipinski definition) is 1. The molecule has 0 bridgehead atoms. The van der Waals surface area contributed by atoms with E-state index in [1.165, 1.54) is 0 Å². The smallest absolute Gasteiger partial charge is 0.281 e. The monoisotopic (exact) mass is 272 g/mol. The Bertz CT molecular complexity index is 787. The van der Waals surface area contributed by atoms with Crippen LogP contribution in [0.4, 0.5) is 0 Å². The van der Waals surface area contributed by atoms with Crippen molar-refractivity contribution in [2.75, 3.05) is 0 Å². The SMILES string of the molecule is CCc1cn2ccc(Cl)c2c(=O)n1-c1ccccc1. The summed E-state index contributed by atoms with van der Waals surface area (Å²) in [6, 6.07) is 11.4. The Morgan fingerprint density at radius 3 is 2.58 bits per heavy atom. The lowest BCUT2D eigenvalue weighted by atomic mass is 10.2. The number of para-hydroxylation sites is 1. The van der Waals surface area contributed by atoms with Crippen molar-refractivity contribution >= 4 is 17.1 Å². The van der Waals surface area contributed by atoms with Gasteiger partial charge < -0.3 is 4.40 Å². The van der Waals surface area contributed by atoms with Crippen molar-refractivity contribution in [1.29, 1.82) is 0 Å². The minimum absolute atomic E-state index is 0.0828. The highest BCUT2D eigenvalue weighted by Crippen LogP contribution is 2.18. The highest BCUT2D eigenvalue weighted by molar-refractivity contribution is 6.33. The molecular formula is C15H13ClN2O. The van der Waals surface area contributed by atoms with E-state index in [1.54, 1.807) is 15.0 Å². The third kappa shape index (κ3) is 1.87. The van der Waals surface area contributed by atoms with Gasteiger partial charge in [-0.05, 0) is 24.6 Å². The minimum Gasteiger partial charge on any atom is -0.316 e. The summed E-state index contributed by atoms with van der Waals surface area (Å²) in [4.78, 5) is 12.6. The van der Waals surface area contributed by atoms with E-state index < -0.39 is 0 Å². The van der Waals surface area contributed by atoms with Crippen LogP contribution in [-0.4, -0.2) is 8.97 Å². The van der Waals surface area contributed by atoms with Crippen molar-refractivity contribution in [3.8, 4) is 5.69 Å². The van der Waals surface area contributed by atoms with Gasteiger partial charge >= 0.3 is 0 Å². The second kappa shape index (κ2) is 4.59. The van der Waals surface area contributed by atoms with Gasteiger partial charge in [-0.1, -0.05) is 36.7 Å². The third-order valence-corrected chi connectivity index (χ3v) is 3.53. The van der Waals surface area contributed by atoms with Crippen LogP contribution in [0, 0.1) is 0 Å². The molecule has 2 aromatic heterocycles. The zero-order chi connectivity index (χ0) is 13.4. The van der Waals surface area contributed by atoms with Crippen LogP contribution in [0.2, 0.25) is 5.02 Å². The number of rotatable bonds is 2. The quantitative estimate of drug-likeness (QED) is 0.703. The largest absolute Gasteiger partial charge is 0.316 e. The lowest BCUT2D eigenvalue weighted by molar-refractivity contribution is 0.852. The van der Waals surface area contributed by atoms with Gasteiger partial charge in [0.15, 0.2) is 0 Å². The van der Waals surface area contributed by atoms with E-state index in [0.29, 0.717) is 10.5 Å². The Hall–Kier alpha value is -2.00. The summed E-state index contributed by atoms with van der Waals surface area (Å²) in [6.45, 7) is 2.03. The molecule has 0 aliphatic carbocycles. The molecule has 0 radical (unpaired) electrons. The summed E-state index contributed by atoms with van der Waals surface area (Å²) in [7, 11) is 0. The maximum Gasteiger partial charge on any atom is 0.281 e. The molecule has 3 aromatic rings. The van der Waals surface area contributed by atoms with Gasteiger partial charge in [-0.2, -0.15) is 0 Å². The topological polar surface area (TPSA) is 26.4 Å². The van der Waals surface area contributed by atoms with Crippen LogP contribution >= 0.6 is 11.6 Å². The summed E-state index contributed by atoms with van der Waals surface area (Å²) < 4.78 is 3.52. The molecule has 0 N–H and O–H groups in total. The van der Waals surface area contributed by atoms with Crippen molar-refractivity contribution in [2.45, 2.75) is 13.3 Å². The second-order valence-corrected chi connectivity index (χ2v) is 4.78. The second-order valence-electron chi connectivity index (χ2n) is 4.37. The Kier molecular flexibility index (Phi) is 2.91. The van der Waals surface area contributed by atoms with Crippen molar-refractivity contribution < 1.29 is 0 Å². The predicted octanol–water partition coefficient (Wildman–Crippen LogP) is 3.31. The summed E-state index contributed by atoms with van der Waals surface area (Å²) in [6.07, 6.45) is 4.54. The number of fused-ring (bicyclic) bond motifs is 1. The molecule has 0 saturated heterocycles. The number of nitrogens with zero attached hydrogens (tertiary/aromatic N) is 2. The van der Waals surface area contributed by atoms with Crippen LogP contribution < -0.4 is 5.56 Å². The minimum atomic E-state index is -0.0828. The molecule has 3 nitrogen and oxygen atoms in total. The van der Waals surface area contributed by atoms with Gasteiger partial charge in [0.25, 0.3) is 5.56 Å². The zero-order valence-electron chi connectivity index (χ0n) is 10.5. The molecule has 0 fully saturated rings. The molecule has 19 heavy (non-hydrogen) atoms. The first-order valence-corrected chi connectivity index (χ1v) is 6.56. The van der Waals surface area contributed by atoms with Crippen LogP contribution in [0.15, 0.2) is 53.6 Å². The number of benzene rings is 1. The van der Waals surface area contributed by atoms with E-state index in [-0.39, 0.29) is 5.56 Å². The van der Waals surface area contributed by atoms with Gasteiger partial charge in [-0.25, -0.2) is 0 Å². The first-order chi connectivity index (χ1) is 9.22. The molecule has 0 unspecified atom stereocenters. The molecule has 0 saturated carbocycles. The molecule has 3 rings (SSSR count). The maximum absolute atomic E-state index is 12.6. The van der Waals surface area contributed by atoms with Crippen molar-refractivity contribution in [2.24, 2.45) is 0 Å². The van der Waals surface area contributed by atoms with Gasteiger partial charge in [0.05, 0.1) is 5.02 Å². The summed E-state index contributed by atoms with van der Waals surface area (Å²) in [5.74, 6) is 0. The number of hydrogen-bond donors (Lipinski definition) is 0. The maximum atomic E-state index is 12.6.